The molecule has 1 fully saturated rings. The summed E-state index contributed by atoms with van der Waals surface area (Å²) in [5, 5.41) is 4.07. The number of hydrogen-bond donors (Lipinski definition) is 1. The van der Waals surface area contributed by atoms with Gasteiger partial charge >= 0.3 is 0 Å². The van der Waals surface area contributed by atoms with Gasteiger partial charge in [-0.15, -0.1) is 0 Å². The van der Waals surface area contributed by atoms with Crippen LogP contribution in [0.2, 0.25) is 0 Å². The highest BCUT2D eigenvalue weighted by Gasteiger charge is 2.43. The Morgan fingerprint density at radius 3 is 2.42 bits per heavy atom. The lowest BCUT2D eigenvalue weighted by Gasteiger charge is -2.29. The molecule has 2 aromatic heterocycles. The van der Waals surface area contributed by atoms with Gasteiger partial charge < -0.3 is 24.3 Å². The highest BCUT2D eigenvalue weighted by atomic mass is 32.1. The summed E-state index contributed by atoms with van der Waals surface area (Å²) in [5.41, 5.74) is 5.76. The maximum Gasteiger partial charge on any atom is 0.174 e. The molecule has 1 N–H and O–H groups in total. The number of aryl methyl sites for hydroxylation is 1. The zero-order valence-electron chi connectivity index (χ0n) is 20.5. The van der Waals surface area contributed by atoms with E-state index < -0.39 is 0 Å². The third-order valence-electron chi connectivity index (χ3n) is 6.62. The lowest BCUT2D eigenvalue weighted by molar-refractivity contribution is 0.394. The van der Waals surface area contributed by atoms with Gasteiger partial charge in [0.25, 0.3) is 0 Å². The summed E-state index contributed by atoms with van der Waals surface area (Å²) in [4.78, 5) is 6.73. The summed E-state index contributed by atoms with van der Waals surface area (Å²) in [6, 6.07) is 19.9. The maximum atomic E-state index is 13.6. The van der Waals surface area contributed by atoms with Crippen molar-refractivity contribution in [1.82, 2.24) is 14.9 Å². The first kappa shape index (κ1) is 23.8. The fraction of sp³-hybridized carbons (Fsp3) is 0.214. The van der Waals surface area contributed by atoms with Gasteiger partial charge in [0.2, 0.25) is 0 Å². The molecule has 5 rings (SSSR count). The van der Waals surface area contributed by atoms with Gasteiger partial charge in [-0.3, -0.25) is 4.98 Å². The normalized spacial score (nSPS) is 17.2. The molecule has 36 heavy (non-hydrogen) atoms. The van der Waals surface area contributed by atoms with E-state index in [4.69, 9.17) is 21.7 Å². The minimum Gasteiger partial charge on any atom is -0.497 e. The zero-order valence-corrected chi connectivity index (χ0v) is 21.3. The van der Waals surface area contributed by atoms with Gasteiger partial charge in [0.15, 0.2) is 5.11 Å². The maximum absolute atomic E-state index is 13.6. The van der Waals surface area contributed by atoms with Crippen molar-refractivity contribution < 1.29 is 13.9 Å². The van der Waals surface area contributed by atoms with Gasteiger partial charge in [-0.2, -0.15) is 0 Å². The van der Waals surface area contributed by atoms with Crippen LogP contribution in [0, 0.1) is 19.7 Å². The molecule has 0 amide bonds. The topological polar surface area (TPSA) is 51.5 Å². The van der Waals surface area contributed by atoms with E-state index in [1.807, 2.05) is 36.4 Å². The number of aromatic nitrogens is 2. The molecule has 1 aliphatic heterocycles. The Bertz CT molecular complexity index is 1410. The summed E-state index contributed by atoms with van der Waals surface area (Å²) >= 11 is 5.89. The van der Waals surface area contributed by atoms with Crippen LogP contribution >= 0.6 is 12.2 Å². The van der Waals surface area contributed by atoms with Crippen LogP contribution in [0.1, 0.15) is 34.7 Å². The van der Waals surface area contributed by atoms with Gasteiger partial charge in [-0.1, -0.05) is 6.07 Å². The Balaban J connectivity index is 1.69. The van der Waals surface area contributed by atoms with Crippen molar-refractivity contribution in [2.75, 3.05) is 19.1 Å². The third-order valence-corrected chi connectivity index (χ3v) is 6.93. The van der Waals surface area contributed by atoms with Crippen molar-refractivity contribution in [2.45, 2.75) is 25.9 Å². The average molecular weight is 503 g/mol. The Labute approximate surface area is 215 Å². The predicted molar refractivity (Wildman–Crippen MR) is 143 cm³/mol. The lowest BCUT2D eigenvalue weighted by atomic mass is 9.96. The van der Waals surface area contributed by atoms with E-state index in [-0.39, 0.29) is 17.9 Å². The number of pyridine rings is 1. The SMILES string of the molecule is COc1ccc(N2C(=S)NC(c3ccccn3)C2c2cc(C)n(-c3ccc(F)cc3)c2C)c(OC)c1. The number of thiocarbonyl (C=S) groups is 1. The second-order valence-electron chi connectivity index (χ2n) is 8.67. The van der Waals surface area contributed by atoms with Crippen LogP contribution in [0.4, 0.5) is 10.1 Å². The van der Waals surface area contributed by atoms with Crippen LogP contribution in [0.15, 0.2) is 72.9 Å². The van der Waals surface area contributed by atoms with Gasteiger partial charge in [-0.25, -0.2) is 4.39 Å². The number of nitrogens with one attached hydrogen (secondary N) is 1. The molecule has 0 saturated carbocycles. The van der Waals surface area contributed by atoms with Crippen molar-refractivity contribution in [1.29, 1.82) is 0 Å². The van der Waals surface area contributed by atoms with Crippen LogP contribution < -0.4 is 19.7 Å². The molecule has 184 valence electrons. The van der Waals surface area contributed by atoms with Crippen LogP contribution in [0.25, 0.3) is 5.69 Å². The third kappa shape index (κ3) is 4.07. The first-order chi connectivity index (χ1) is 17.4. The van der Waals surface area contributed by atoms with E-state index in [9.17, 15) is 4.39 Å². The molecule has 0 radical (unpaired) electrons. The standard InChI is InChI=1S/C28H27FN4O2S/c1-17-15-22(18(2)32(17)20-10-8-19(29)9-11-20)27-26(23-7-5-6-14-30-23)31-28(36)33(27)24-13-12-21(34-3)16-25(24)35-4/h5-16,26-27H,1-4H3,(H,31,36). The number of benzene rings is 2. The van der Waals surface area contributed by atoms with Gasteiger partial charge in [0.05, 0.1) is 37.7 Å². The van der Waals surface area contributed by atoms with Crippen molar-refractivity contribution in [3.8, 4) is 17.2 Å². The largest absolute Gasteiger partial charge is 0.497 e. The summed E-state index contributed by atoms with van der Waals surface area (Å²) in [5.74, 6) is 1.08. The Kier molecular flexibility index (Phi) is 6.36. The Morgan fingerprint density at radius 2 is 1.75 bits per heavy atom. The summed E-state index contributed by atoms with van der Waals surface area (Å²) in [7, 11) is 3.26. The summed E-state index contributed by atoms with van der Waals surface area (Å²) in [6.45, 7) is 4.13. The molecule has 0 aliphatic carbocycles. The highest BCUT2D eigenvalue weighted by molar-refractivity contribution is 7.80. The van der Waals surface area contributed by atoms with Gasteiger partial charge in [-0.05, 0) is 86.2 Å². The quantitative estimate of drug-likeness (QED) is 0.335. The Morgan fingerprint density at radius 1 is 0.972 bits per heavy atom. The lowest BCUT2D eigenvalue weighted by Crippen LogP contribution is -2.30. The fourth-order valence-electron chi connectivity index (χ4n) is 4.99. The number of hydrogen-bond acceptors (Lipinski definition) is 4. The summed E-state index contributed by atoms with van der Waals surface area (Å²) in [6.07, 6.45) is 1.79. The van der Waals surface area contributed by atoms with E-state index in [1.165, 1.54) is 12.1 Å². The summed E-state index contributed by atoms with van der Waals surface area (Å²) < 4.78 is 26.9. The molecule has 6 nitrogen and oxygen atoms in total. The minimum absolute atomic E-state index is 0.201. The molecule has 3 heterocycles. The van der Waals surface area contributed by atoms with Crippen LogP contribution in [0.3, 0.4) is 0 Å². The van der Waals surface area contributed by atoms with E-state index in [2.05, 4.69) is 39.7 Å². The van der Waals surface area contributed by atoms with Crippen LogP contribution in [-0.2, 0) is 0 Å². The second-order valence-corrected chi connectivity index (χ2v) is 9.06. The molecule has 1 saturated heterocycles. The molecule has 2 unspecified atom stereocenters. The van der Waals surface area contributed by atoms with Gasteiger partial charge in [0.1, 0.15) is 17.3 Å². The zero-order chi connectivity index (χ0) is 25.4. The molecule has 0 spiro atoms. The molecule has 0 bridgehead atoms. The average Bonchev–Trinajstić information content (AvgIpc) is 3.39. The molecule has 8 heteroatoms. The number of anilines is 1. The van der Waals surface area contributed by atoms with Crippen LogP contribution in [-0.4, -0.2) is 28.9 Å². The number of halogens is 1. The molecular weight excluding hydrogens is 475 g/mol. The van der Waals surface area contributed by atoms with E-state index in [1.54, 1.807) is 32.5 Å². The molecule has 2 aromatic carbocycles. The Hall–Kier alpha value is -3.91. The monoisotopic (exact) mass is 502 g/mol. The van der Waals surface area contributed by atoms with Gasteiger partial charge in [0, 0.05) is 29.3 Å². The highest BCUT2D eigenvalue weighted by Crippen LogP contribution is 2.46. The first-order valence-electron chi connectivity index (χ1n) is 11.6. The van der Waals surface area contributed by atoms with E-state index in [0.717, 1.165) is 34.0 Å². The fourth-order valence-corrected chi connectivity index (χ4v) is 5.33. The van der Waals surface area contributed by atoms with Crippen molar-refractivity contribution in [2.24, 2.45) is 0 Å². The molecule has 4 aromatic rings. The number of nitrogens with zero attached hydrogens (tertiary/aromatic N) is 3. The van der Waals surface area contributed by atoms with E-state index >= 15 is 0 Å². The van der Waals surface area contributed by atoms with Crippen LogP contribution in [0.5, 0.6) is 11.5 Å². The number of methoxy groups -OCH3 is 2. The van der Waals surface area contributed by atoms with Crippen molar-refractivity contribution >= 4 is 23.0 Å². The molecule has 1 aliphatic rings. The first-order valence-corrected chi connectivity index (χ1v) is 12.0. The number of ether oxygens (including phenoxy) is 2. The second kappa shape index (κ2) is 9.62. The predicted octanol–water partition coefficient (Wildman–Crippen LogP) is 5.82. The van der Waals surface area contributed by atoms with E-state index in [0.29, 0.717) is 16.6 Å². The molecular formula is C28H27FN4O2S. The molecule has 2 atom stereocenters. The van der Waals surface area contributed by atoms with Crippen molar-refractivity contribution in [3.63, 3.8) is 0 Å². The van der Waals surface area contributed by atoms with Crippen molar-refractivity contribution in [3.05, 3.63) is 101 Å². The smallest absolute Gasteiger partial charge is 0.174 e. The number of rotatable bonds is 6. The minimum atomic E-state index is -0.264.